The molecule has 0 radical (unpaired) electrons. The molecule has 128 valence electrons. The van der Waals surface area contributed by atoms with E-state index in [1.807, 2.05) is 29.2 Å². The van der Waals surface area contributed by atoms with E-state index in [4.69, 9.17) is 12.2 Å². The van der Waals surface area contributed by atoms with Gasteiger partial charge in [-0.2, -0.15) is 0 Å². The lowest BCUT2D eigenvalue weighted by Crippen LogP contribution is -2.29. The van der Waals surface area contributed by atoms with E-state index in [-0.39, 0.29) is 5.91 Å². The highest BCUT2D eigenvalue weighted by Crippen LogP contribution is 2.23. The van der Waals surface area contributed by atoms with Crippen molar-refractivity contribution in [1.82, 2.24) is 5.32 Å². The van der Waals surface area contributed by atoms with Gasteiger partial charge in [-0.15, -0.1) is 0 Å². The number of hydrogen-bond acceptors (Lipinski definition) is 2. The molecule has 0 aromatic heterocycles. The van der Waals surface area contributed by atoms with Crippen LogP contribution in [0.2, 0.25) is 0 Å². The zero-order valence-corrected chi connectivity index (χ0v) is 14.8. The molecule has 2 N–H and O–H groups in total. The molecule has 1 aliphatic carbocycles. The van der Waals surface area contributed by atoms with Gasteiger partial charge in [0, 0.05) is 30.9 Å². The molecule has 0 bridgehead atoms. The van der Waals surface area contributed by atoms with Crippen molar-refractivity contribution in [3.8, 4) is 0 Å². The molecule has 0 unspecified atom stereocenters. The van der Waals surface area contributed by atoms with Crippen LogP contribution in [0.4, 0.5) is 11.4 Å². The lowest BCUT2D eigenvalue weighted by atomic mass is 9.97. The summed E-state index contributed by atoms with van der Waals surface area (Å²) >= 11 is 5.36. The lowest BCUT2D eigenvalue weighted by Gasteiger charge is -2.17. The van der Waals surface area contributed by atoms with Crippen molar-refractivity contribution >= 4 is 34.6 Å². The third-order valence-electron chi connectivity index (χ3n) is 4.63. The van der Waals surface area contributed by atoms with Gasteiger partial charge in [-0.3, -0.25) is 4.79 Å². The second-order valence-corrected chi connectivity index (χ2v) is 6.84. The minimum atomic E-state index is 0.213. The monoisotopic (exact) mass is 343 g/mol. The maximum absolute atomic E-state index is 11.8. The number of anilines is 2. The predicted octanol–water partition coefficient (Wildman–Crippen LogP) is 3.99. The van der Waals surface area contributed by atoms with Crippen LogP contribution < -0.4 is 15.5 Å². The van der Waals surface area contributed by atoms with E-state index in [2.05, 4.69) is 16.7 Å². The molecule has 1 heterocycles. The Balaban J connectivity index is 1.44. The standard InChI is InChI=1S/C19H25N3OS/c23-18-7-4-14-22(18)17-10-8-16(9-11-17)21-19(24)20-13-12-15-5-2-1-3-6-15/h5,8-11H,1-4,6-7,12-14H2,(H2,20,21,24). The van der Waals surface area contributed by atoms with E-state index in [0.29, 0.717) is 11.5 Å². The zero-order valence-electron chi connectivity index (χ0n) is 14.0. The molecule has 1 saturated heterocycles. The number of hydrogen-bond donors (Lipinski definition) is 2. The van der Waals surface area contributed by atoms with Crippen LogP contribution in [0.5, 0.6) is 0 Å². The first-order valence-corrected chi connectivity index (χ1v) is 9.26. The molecule has 24 heavy (non-hydrogen) atoms. The van der Waals surface area contributed by atoms with Gasteiger partial charge < -0.3 is 15.5 Å². The summed E-state index contributed by atoms with van der Waals surface area (Å²) in [4.78, 5) is 13.6. The SMILES string of the molecule is O=C1CCCN1c1ccc(NC(=S)NCCC2=CCCCC2)cc1. The first kappa shape index (κ1) is 17.0. The largest absolute Gasteiger partial charge is 0.362 e. The van der Waals surface area contributed by atoms with E-state index in [0.717, 1.165) is 37.3 Å². The van der Waals surface area contributed by atoms with Gasteiger partial charge in [-0.05, 0) is 75.0 Å². The molecule has 4 nitrogen and oxygen atoms in total. The Bertz CT molecular complexity index is 624. The normalized spacial score (nSPS) is 17.6. The second kappa shape index (κ2) is 8.29. The van der Waals surface area contributed by atoms with Gasteiger partial charge in [0.05, 0.1) is 0 Å². The smallest absolute Gasteiger partial charge is 0.227 e. The van der Waals surface area contributed by atoms with Crippen LogP contribution in [0.25, 0.3) is 0 Å². The average molecular weight is 343 g/mol. The third-order valence-corrected chi connectivity index (χ3v) is 4.87. The average Bonchev–Trinajstić information content (AvgIpc) is 3.03. The van der Waals surface area contributed by atoms with Gasteiger partial charge in [0.1, 0.15) is 0 Å². The topological polar surface area (TPSA) is 44.4 Å². The molecular weight excluding hydrogens is 318 g/mol. The Labute approximate surface area is 149 Å². The number of amides is 1. The molecule has 0 saturated carbocycles. The Hall–Kier alpha value is -1.88. The number of rotatable bonds is 5. The number of thiocarbonyl (C=S) groups is 1. The highest BCUT2D eigenvalue weighted by Gasteiger charge is 2.21. The van der Waals surface area contributed by atoms with E-state index in [1.54, 1.807) is 5.57 Å². The fourth-order valence-corrected chi connectivity index (χ4v) is 3.51. The molecule has 1 amide bonds. The van der Waals surface area contributed by atoms with Crippen molar-refractivity contribution in [2.24, 2.45) is 0 Å². The summed E-state index contributed by atoms with van der Waals surface area (Å²) in [6, 6.07) is 7.89. The molecule has 1 fully saturated rings. The molecule has 1 aromatic rings. The summed E-state index contributed by atoms with van der Waals surface area (Å²) in [6.45, 7) is 1.69. The first-order chi connectivity index (χ1) is 11.7. The molecule has 0 spiro atoms. The summed E-state index contributed by atoms with van der Waals surface area (Å²) in [7, 11) is 0. The lowest BCUT2D eigenvalue weighted by molar-refractivity contribution is -0.117. The second-order valence-electron chi connectivity index (χ2n) is 6.43. The molecular formula is C19H25N3OS. The Kier molecular flexibility index (Phi) is 5.86. The molecule has 0 atom stereocenters. The highest BCUT2D eigenvalue weighted by atomic mass is 32.1. The fraction of sp³-hybridized carbons (Fsp3) is 0.474. The molecule has 1 aliphatic heterocycles. The number of benzene rings is 1. The van der Waals surface area contributed by atoms with Crippen LogP contribution in [0.15, 0.2) is 35.9 Å². The van der Waals surface area contributed by atoms with Gasteiger partial charge in [0.25, 0.3) is 0 Å². The molecule has 5 heteroatoms. The Morgan fingerprint density at radius 1 is 1.12 bits per heavy atom. The van der Waals surface area contributed by atoms with E-state index in [1.165, 1.54) is 25.7 Å². The van der Waals surface area contributed by atoms with E-state index in [9.17, 15) is 4.79 Å². The number of nitrogens with zero attached hydrogens (tertiary/aromatic N) is 1. The number of carbonyl (C=O) groups excluding carboxylic acids is 1. The maximum Gasteiger partial charge on any atom is 0.227 e. The third kappa shape index (κ3) is 4.57. The van der Waals surface area contributed by atoms with Crippen LogP contribution in [0, 0.1) is 0 Å². The van der Waals surface area contributed by atoms with Crippen LogP contribution >= 0.6 is 12.2 Å². The Morgan fingerprint density at radius 3 is 2.62 bits per heavy atom. The minimum absolute atomic E-state index is 0.213. The van der Waals surface area contributed by atoms with Gasteiger partial charge in [-0.25, -0.2) is 0 Å². The summed E-state index contributed by atoms with van der Waals surface area (Å²) in [5, 5.41) is 7.13. The quantitative estimate of drug-likeness (QED) is 0.627. The van der Waals surface area contributed by atoms with Crippen LogP contribution in [-0.2, 0) is 4.79 Å². The molecule has 1 aromatic carbocycles. The van der Waals surface area contributed by atoms with Crippen LogP contribution in [0.1, 0.15) is 44.9 Å². The summed E-state index contributed by atoms with van der Waals surface area (Å²) in [5.41, 5.74) is 3.46. The number of carbonyl (C=O) groups is 1. The van der Waals surface area contributed by atoms with Crippen LogP contribution in [-0.4, -0.2) is 24.1 Å². The maximum atomic E-state index is 11.8. The Morgan fingerprint density at radius 2 is 1.96 bits per heavy atom. The van der Waals surface area contributed by atoms with E-state index < -0.39 is 0 Å². The fourth-order valence-electron chi connectivity index (χ4n) is 3.29. The van der Waals surface area contributed by atoms with Gasteiger partial charge in [-0.1, -0.05) is 11.6 Å². The first-order valence-electron chi connectivity index (χ1n) is 8.85. The highest BCUT2D eigenvalue weighted by molar-refractivity contribution is 7.80. The number of nitrogens with one attached hydrogen (secondary N) is 2. The number of allylic oxidation sites excluding steroid dienone is 1. The van der Waals surface area contributed by atoms with Crippen molar-refractivity contribution in [3.63, 3.8) is 0 Å². The van der Waals surface area contributed by atoms with Crippen molar-refractivity contribution in [2.45, 2.75) is 44.9 Å². The minimum Gasteiger partial charge on any atom is -0.362 e. The molecule has 3 rings (SSSR count). The van der Waals surface area contributed by atoms with Gasteiger partial charge in [0.15, 0.2) is 5.11 Å². The van der Waals surface area contributed by atoms with Crippen molar-refractivity contribution in [1.29, 1.82) is 0 Å². The summed E-state index contributed by atoms with van der Waals surface area (Å²) in [6.07, 6.45) is 10.2. The van der Waals surface area contributed by atoms with Gasteiger partial charge in [0.2, 0.25) is 5.91 Å². The van der Waals surface area contributed by atoms with E-state index >= 15 is 0 Å². The predicted molar refractivity (Wildman–Crippen MR) is 103 cm³/mol. The van der Waals surface area contributed by atoms with Crippen LogP contribution in [0.3, 0.4) is 0 Å². The zero-order chi connectivity index (χ0) is 16.8. The summed E-state index contributed by atoms with van der Waals surface area (Å²) in [5.74, 6) is 0.213. The van der Waals surface area contributed by atoms with Crippen molar-refractivity contribution in [3.05, 3.63) is 35.9 Å². The summed E-state index contributed by atoms with van der Waals surface area (Å²) < 4.78 is 0. The van der Waals surface area contributed by atoms with Crippen molar-refractivity contribution in [2.75, 3.05) is 23.3 Å². The molecule has 2 aliphatic rings. The van der Waals surface area contributed by atoms with Crippen molar-refractivity contribution < 1.29 is 4.79 Å². The van der Waals surface area contributed by atoms with Gasteiger partial charge >= 0.3 is 0 Å².